The van der Waals surface area contributed by atoms with Crippen molar-refractivity contribution in [2.75, 3.05) is 32.7 Å². The van der Waals surface area contributed by atoms with Crippen LogP contribution in [0.3, 0.4) is 0 Å². The Bertz CT molecular complexity index is 1220. The maximum Gasteiger partial charge on any atom is 0.332 e. The number of aromatic nitrogens is 4. The molecule has 9 heteroatoms. The smallest absolute Gasteiger partial charge is 0.332 e. The number of hydrogen-bond donors (Lipinski definition) is 1. The molecule has 0 bridgehead atoms. The number of aliphatic hydroxyl groups excluding tert-OH is 1. The van der Waals surface area contributed by atoms with E-state index in [1.54, 1.807) is 11.6 Å². The predicted molar refractivity (Wildman–Crippen MR) is 128 cm³/mol. The maximum absolute atomic E-state index is 12.6. The zero-order chi connectivity index (χ0) is 23.7. The third kappa shape index (κ3) is 4.95. The topological polar surface area (TPSA) is 88.5 Å². The second-order valence-corrected chi connectivity index (χ2v) is 9.40. The average Bonchev–Trinajstić information content (AvgIpc) is 3.21. The van der Waals surface area contributed by atoms with Gasteiger partial charge in [-0.15, -0.1) is 0 Å². The molecule has 0 aliphatic carbocycles. The van der Waals surface area contributed by atoms with Crippen LogP contribution < -0.4 is 11.2 Å². The monoisotopic (exact) mass is 454 g/mol. The molecule has 1 aliphatic rings. The number of β-amino-alcohol motifs (C(OH)–C–C–N with tert-alkyl or cyclic N) is 1. The number of piperazine rings is 1. The van der Waals surface area contributed by atoms with Gasteiger partial charge in [-0.05, 0) is 17.0 Å². The van der Waals surface area contributed by atoms with Crippen LogP contribution in [0.5, 0.6) is 0 Å². The molecule has 1 N–H and O–H groups in total. The van der Waals surface area contributed by atoms with Gasteiger partial charge in [0, 0.05) is 53.4 Å². The fourth-order valence-electron chi connectivity index (χ4n) is 4.51. The Kier molecular flexibility index (Phi) is 6.83. The van der Waals surface area contributed by atoms with Crippen LogP contribution in [0.4, 0.5) is 0 Å². The Morgan fingerprint density at radius 2 is 1.58 bits per heavy atom. The second kappa shape index (κ2) is 9.62. The van der Waals surface area contributed by atoms with Gasteiger partial charge in [0.2, 0.25) is 0 Å². The summed E-state index contributed by atoms with van der Waals surface area (Å²) in [5, 5.41) is 10.7. The number of hydrogen-bond acceptors (Lipinski definition) is 6. The number of rotatable bonds is 7. The third-order valence-electron chi connectivity index (χ3n) is 6.61. The Labute approximate surface area is 193 Å². The van der Waals surface area contributed by atoms with Gasteiger partial charge in [0.25, 0.3) is 5.56 Å². The van der Waals surface area contributed by atoms with Gasteiger partial charge < -0.3 is 9.67 Å². The lowest BCUT2D eigenvalue weighted by Crippen LogP contribution is -2.48. The summed E-state index contributed by atoms with van der Waals surface area (Å²) in [6, 6.07) is 8.89. The van der Waals surface area contributed by atoms with Crippen molar-refractivity contribution in [3.63, 3.8) is 0 Å². The van der Waals surface area contributed by atoms with E-state index in [2.05, 4.69) is 52.9 Å². The summed E-state index contributed by atoms with van der Waals surface area (Å²) >= 11 is 0. The normalized spacial score (nSPS) is 16.7. The number of benzene rings is 1. The highest BCUT2D eigenvalue weighted by Gasteiger charge is 2.21. The van der Waals surface area contributed by atoms with Crippen LogP contribution >= 0.6 is 0 Å². The summed E-state index contributed by atoms with van der Waals surface area (Å²) < 4.78 is 4.08. The standard InChI is InChI=1S/C24H34N6O3/c1-17(2)19-7-5-18(6-8-19)13-28-9-11-29(12-10-28)14-20(31)15-30-16-25-22-21(30)23(32)27(4)24(33)26(22)3/h5-8,16-17,20,31H,9-15H2,1-4H3. The van der Waals surface area contributed by atoms with Crippen molar-refractivity contribution in [3.05, 3.63) is 62.6 Å². The molecule has 1 aromatic carbocycles. The van der Waals surface area contributed by atoms with E-state index in [0.29, 0.717) is 23.6 Å². The van der Waals surface area contributed by atoms with Crippen LogP contribution in [0.15, 0.2) is 40.2 Å². The maximum atomic E-state index is 12.6. The lowest BCUT2D eigenvalue weighted by Gasteiger charge is -2.35. The Balaban J connectivity index is 1.32. The predicted octanol–water partition coefficient (Wildman–Crippen LogP) is 0.736. The fourth-order valence-corrected chi connectivity index (χ4v) is 4.51. The number of fused-ring (bicyclic) bond motifs is 1. The van der Waals surface area contributed by atoms with E-state index < -0.39 is 17.4 Å². The molecular weight excluding hydrogens is 420 g/mol. The highest BCUT2D eigenvalue weighted by atomic mass is 16.3. The molecule has 1 saturated heterocycles. The molecule has 3 aromatic rings. The van der Waals surface area contributed by atoms with Crippen molar-refractivity contribution in [2.45, 2.75) is 39.0 Å². The molecule has 0 saturated carbocycles. The van der Waals surface area contributed by atoms with Gasteiger partial charge in [-0.25, -0.2) is 9.78 Å². The summed E-state index contributed by atoms with van der Waals surface area (Å²) in [6.45, 7) is 9.83. The van der Waals surface area contributed by atoms with Crippen molar-refractivity contribution < 1.29 is 5.11 Å². The van der Waals surface area contributed by atoms with Gasteiger partial charge in [0.05, 0.1) is 19.0 Å². The Morgan fingerprint density at radius 3 is 2.21 bits per heavy atom. The molecule has 1 atom stereocenters. The van der Waals surface area contributed by atoms with Crippen LogP contribution in [0.2, 0.25) is 0 Å². The largest absolute Gasteiger partial charge is 0.390 e. The summed E-state index contributed by atoms with van der Waals surface area (Å²) in [5.41, 5.74) is 2.57. The van der Waals surface area contributed by atoms with E-state index in [-0.39, 0.29) is 6.54 Å². The molecule has 33 heavy (non-hydrogen) atoms. The van der Waals surface area contributed by atoms with Gasteiger partial charge >= 0.3 is 5.69 Å². The minimum Gasteiger partial charge on any atom is -0.390 e. The highest BCUT2D eigenvalue weighted by Crippen LogP contribution is 2.16. The lowest BCUT2D eigenvalue weighted by molar-refractivity contribution is 0.0627. The molecule has 1 aliphatic heterocycles. The molecule has 178 valence electrons. The van der Waals surface area contributed by atoms with Crippen molar-refractivity contribution in [1.82, 2.24) is 28.5 Å². The third-order valence-corrected chi connectivity index (χ3v) is 6.61. The molecule has 3 heterocycles. The highest BCUT2D eigenvalue weighted by molar-refractivity contribution is 5.69. The molecule has 0 radical (unpaired) electrons. The first-order chi connectivity index (χ1) is 15.7. The zero-order valence-electron chi connectivity index (χ0n) is 19.9. The number of aliphatic hydroxyl groups is 1. The first-order valence-corrected chi connectivity index (χ1v) is 11.6. The molecule has 1 fully saturated rings. The zero-order valence-corrected chi connectivity index (χ0v) is 19.9. The van der Waals surface area contributed by atoms with E-state index in [4.69, 9.17) is 0 Å². The van der Waals surface area contributed by atoms with Crippen molar-refractivity contribution >= 4 is 11.2 Å². The SMILES string of the molecule is CC(C)c1ccc(CN2CCN(CC(O)Cn3cnc4c3c(=O)n(C)c(=O)n4C)CC2)cc1. The van der Waals surface area contributed by atoms with E-state index in [0.717, 1.165) is 37.3 Å². The van der Waals surface area contributed by atoms with Crippen LogP contribution in [0.25, 0.3) is 11.2 Å². The molecule has 0 amide bonds. The van der Waals surface area contributed by atoms with Gasteiger partial charge in [-0.1, -0.05) is 38.1 Å². The first kappa shape index (κ1) is 23.4. The second-order valence-electron chi connectivity index (χ2n) is 9.40. The van der Waals surface area contributed by atoms with Crippen molar-refractivity contribution in [1.29, 1.82) is 0 Å². The summed E-state index contributed by atoms with van der Waals surface area (Å²) in [5.74, 6) is 0.546. The van der Waals surface area contributed by atoms with Crippen LogP contribution in [0.1, 0.15) is 30.9 Å². The summed E-state index contributed by atoms with van der Waals surface area (Å²) in [6.07, 6.45) is 0.886. The quantitative estimate of drug-likeness (QED) is 0.567. The van der Waals surface area contributed by atoms with Gasteiger partial charge in [-0.2, -0.15) is 0 Å². The van der Waals surface area contributed by atoms with Crippen LogP contribution in [-0.4, -0.2) is 72.4 Å². The Hall–Kier alpha value is -2.75. The molecular formula is C24H34N6O3. The lowest BCUT2D eigenvalue weighted by atomic mass is 10.0. The van der Waals surface area contributed by atoms with E-state index in [9.17, 15) is 14.7 Å². The first-order valence-electron chi connectivity index (χ1n) is 11.6. The van der Waals surface area contributed by atoms with E-state index in [1.807, 2.05) is 0 Å². The molecule has 0 spiro atoms. The minimum absolute atomic E-state index is 0.256. The summed E-state index contributed by atoms with van der Waals surface area (Å²) in [7, 11) is 3.05. The van der Waals surface area contributed by atoms with Gasteiger partial charge in [0.15, 0.2) is 11.2 Å². The summed E-state index contributed by atoms with van der Waals surface area (Å²) in [4.78, 5) is 33.6. The molecule has 1 unspecified atom stereocenters. The molecule has 2 aromatic heterocycles. The molecule has 9 nitrogen and oxygen atoms in total. The van der Waals surface area contributed by atoms with E-state index >= 15 is 0 Å². The van der Waals surface area contributed by atoms with Crippen LogP contribution in [-0.2, 0) is 27.2 Å². The number of imidazole rings is 1. The van der Waals surface area contributed by atoms with Gasteiger partial charge in [0.1, 0.15) is 0 Å². The van der Waals surface area contributed by atoms with Crippen molar-refractivity contribution in [3.8, 4) is 0 Å². The van der Waals surface area contributed by atoms with Crippen molar-refractivity contribution in [2.24, 2.45) is 14.1 Å². The minimum atomic E-state index is -0.639. The average molecular weight is 455 g/mol. The number of aryl methyl sites for hydroxylation is 1. The fraction of sp³-hybridized carbons (Fsp3) is 0.542. The van der Waals surface area contributed by atoms with Gasteiger partial charge in [-0.3, -0.25) is 23.7 Å². The molecule has 4 rings (SSSR count). The Morgan fingerprint density at radius 1 is 0.939 bits per heavy atom. The number of nitrogens with zero attached hydrogens (tertiary/aromatic N) is 6. The van der Waals surface area contributed by atoms with E-state index in [1.165, 1.54) is 29.1 Å². The van der Waals surface area contributed by atoms with Crippen LogP contribution in [0, 0.1) is 0 Å².